The zero-order chi connectivity index (χ0) is 17.1. The van der Waals surface area contributed by atoms with Crippen LogP contribution in [0.15, 0.2) is 48.5 Å². The Labute approximate surface area is 143 Å². The van der Waals surface area contributed by atoms with Crippen molar-refractivity contribution in [3.8, 4) is 22.7 Å². The lowest BCUT2D eigenvalue weighted by Gasteiger charge is -2.10. The van der Waals surface area contributed by atoms with Gasteiger partial charge in [0.25, 0.3) is 0 Å². The van der Waals surface area contributed by atoms with Crippen LogP contribution in [0.25, 0.3) is 16.9 Å². The number of unbranched alkanes of at least 4 members (excludes halogenated alkanes) is 1. The number of aromatic hydroxyl groups is 1. The van der Waals surface area contributed by atoms with Gasteiger partial charge in [0.2, 0.25) is 0 Å². The fraction of sp³-hybridized carbons (Fsp3) is 0.286. The van der Waals surface area contributed by atoms with E-state index in [9.17, 15) is 5.11 Å². The first-order valence-corrected chi connectivity index (χ1v) is 8.55. The molecule has 0 atom stereocenters. The number of benzene rings is 2. The van der Waals surface area contributed by atoms with Crippen molar-refractivity contribution < 1.29 is 5.11 Å². The summed E-state index contributed by atoms with van der Waals surface area (Å²) in [6.07, 6.45) is 2.89. The van der Waals surface area contributed by atoms with Crippen molar-refractivity contribution in [1.82, 2.24) is 9.78 Å². The maximum Gasteiger partial charge on any atom is 0.165 e. The fourth-order valence-electron chi connectivity index (χ4n) is 2.91. The van der Waals surface area contributed by atoms with Gasteiger partial charge in [-0.15, -0.1) is 0 Å². The summed E-state index contributed by atoms with van der Waals surface area (Å²) in [6, 6.07) is 16.4. The number of rotatable bonds is 5. The van der Waals surface area contributed by atoms with Crippen molar-refractivity contribution in [2.24, 2.45) is 0 Å². The topological polar surface area (TPSA) is 38.0 Å². The minimum atomic E-state index is 0.301. The third-order valence-electron chi connectivity index (χ3n) is 4.37. The molecule has 3 aromatic rings. The second kappa shape index (κ2) is 6.91. The summed E-state index contributed by atoms with van der Waals surface area (Å²) in [7, 11) is 0. The van der Waals surface area contributed by atoms with E-state index >= 15 is 0 Å². The van der Waals surface area contributed by atoms with Gasteiger partial charge in [0.05, 0.1) is 5.69 Å². The molecule has 0 aliphatic carbocycles. The van der Waals surface area contributed by atoms with Crippen LogP contribution in [-0.2, 0) is 6.42 Å². The van der Waals surface area contributed by atoms with Crippen molar-refractivity contribution in [2.75, 3.05) is 0 Å². The third-order valence-corrected chi connectivity index (χ3v) is 4.37. The Bertz CT molecular complexity index is 832. The van der Waals surface area contributed by atoms with E-state index in [-0.39, 0.29) is 0 Å². The molecule has 0 unspecified atom stereocenters. The molecule has 1 heterocycles. The minimum absolute atomic E-state index is 0.301. The van der Waals surface area contributed by atoms with Gasteiger partial charge < -0.3 is 5.11 Å². The average molecular weight is 320 g/mol. The second-order valence-electron chi connectivity index (χ2n) is 6.31. The van der Waals surface area contributed by atoms with Gasteiger partial charge in [0.15, 0.2) is 5.75 Å². The Hall–Kier alpha value is -2.55. The summed E-state index contributed by atoms with van der Waals surface area (Å²) in [6.45, 7) is 6.28. The first kappa shape index (κ1) is 16.3. The summed E-state index contributed by atoms with van der Waals surface area (Å²) in [5, 5.41) is 15.6. The molecule has 3 nitrogen and oxygen atoms in total. The standard InChI is InChI=1S/C21H24N2O/c1-4-5-9-18-21(24)20(17-13-11-15(2)12-14-17)23(22-18)19-10-7-6-8-16(19)3/h6-8,10-14,24H,4-5,9H2,1-3H3. The smallest absolute Gasteiger partial charge is 0.165 e. The number of para-hydroxylation sites is 1. The van der Waals surface area contributed by atoms with Crippen LogP contribution < -0.4 is 0 Å². The highest BCUT2D eigenvalue weighted by Gasteiger charge is 2.20. The lowest BCUT2D eigenvalue weighted by atomic mass is 10.1. The van der Waals surface area contributed by atoms with Crippen molar-refractivity contribution in [3.63, 3.8) is 0 Å². The molecule has 0 aliphatic heterocycles. The third kappa shape index (κ3) is 3.07. The first-order chi connectivity index (χ1) is 11.6. The van der Waals surface area contributed by atoms with Crippen LogP contribution in [-0.4, -0.2) is 14.9 Å². The van der Waals surface area contributed by atoms with Crippen LogP contribution in [0.3, 0.4) is 0 Å². The van der Waals surface area contributed by atoms with Gasteiger partial charge in [-0.3, -0.25) is 0 Å². The van der Waals surface area contributed by atoms with Crippen molar-refractivity contribution in [3.05, 3.63) is 65.4 Å². The molecule has 0 aliphatic rings. The van der Waals surface area contributed by atoms with Crippen LogP contribution in [0.1, 0.15) is 36.6 Å². The highest BCUT2D eigenvalue weighted by atomic mass is 16.3. The Balaban J connectivity index is 2.19. The monoisotopic (exact) mass is 320 g/mol. The van der Waals surface area contributed by atoms with Gasteiger partial charge in [0, 0.05) is 5.56 Å². The highest BCUT2D eigenvalue weighted by molar-refractivity contribution is 5.70. The molecule has 3 rings (SSSR count). The summed E-state index contributed by atoms with van der Waals surface area (Å²) in [5.41, 5.74) is 5.87. The lowest BCUT2D eigenvalue weighted by molar-refractivity contribution is 0.469. The SMILES string of the molecule is CCCCc1nn(-c2ccccc2C)c(-c2ccc(C)cc2)c1O. The Kier molecular flexibility index (Phi) is 4.70. The van der Waals surface area contributed by atoms with E-state index in [1.807, 2.05) is 35.0 Å². The molecule has 0 radical (unpaired) electrons. The van der Waals surface area contributed by atoms with Crippen LogP contribution in [0, 0.1) is 13.8 Å². The van der Waals surface area contributed by atoms with Gasteiger partial charge in [-0.2, -0.15) is 5.10 Å². The van der Waals surface area contributed by atoms with Gasteiger partial charge >= 0.3 is 0 Å². The lowest BCUT2D eigenvalue weighted by Crippen LogP contribution is -2.02. The molecule has 1 aromatic heterocycles. The van der Waals surface area contributed by atoms with E-state index in [0.29, 0.717) is 5.75 Å². The maximum absolute atomic E-state index is 10.8. The quantitative estimate of drug-likeness (QED) is 0.701. The Morgan fingerprint density at radius 2 is 1.71 bits per heavy atom. The zero-order valence-electron chi connectivity index (χ0n) is 14.6. The van der Waals surface area contributed by atoms with E-state index in [2.05, 4.69) is 39.0 Å². The van der Waals surface area contributed by atoms with E-state index in [4.69, 9.17) is 5.10 Å². The summed E-state index contributed by atoms with van der Waals surface area (Å²) < 4.78 is 1.89. The van der Waals surface area contributed by atoms with Gasteiger partial charge in [-0.25, -0.2) is 4.68 Å². The zero-order valence-corrected chi connectivity index (χ0v) is 14.6. The molecule has 0 amide bonds. The molecule has 0 fully saturated rings. The molecule has 3 heteroatoms. The largest absolute Gasteiger partial charge is 0.504 e. The van der Waals surface area contributed by atoms with Gasteiger partial charge in [-0.1, -0.05) is 61.4 Å². The molecular weight excluding hydrogens is 296 g/mol. The van der Waals surface area contributed by atoms with Crippen LogP contribution >= 0.6 is 0 Å². The molecule has 24 heavy (non-hydrogen) atoms. The molecule has 124 valence electrons. The molecule has 0 saturated carbocycles. The number of hydrogen-bond donors (Lipinski definition) is 1. The summed E-state index contributed by atoms with van der Waals surface area (Å²) in [5.74, 6) is 0.301. The van der Waals surface area contributed by atoms with Crippen molar-refractivity contribution in [2.45, 2.75) is 40.0 Å². The van der Waals surface area contributed by atoms with Gasteiger partial charge in [-0.05, 0) is 38.3 Å². The van der Waals surface area contributed by atoms with Gasteiger partial charge in [0.1, 0.15) is 11.4 Å². The molecule has 0 spiro atoms. The number of nitrogens with zero attached hydrogens (tertiary/aromatic N) is 2. The molecule has 1 N–H and O–H groups in total. The first-order valence-electron chi connectivity index (χ1n) is 8.55. The normalized spacial score (nSPS) is 11.0. The Morgan fingerprint density at radius 1 is 1.00 bits per heavy atom. The number of aryl methyl sites for hydroxylation is 3. The van der Waals surface area contributed by atoms with E-state index in [1.165, 1.54) is 5.56 Å². The van der Waals surface area contributed by atoms with Crippen molar-refractivity contribution in [1.29, 1.82) is 0 Å². The van der Waals surface area contributed by atoms with E-state index < -0.39 is 0 Å². The predicted octanol–water partition coefficient (Wildman–Crippen LogP) is 5.20. The number of aromatic nitrogens is 2. The van der Waals surface area contributed by atoms with Crippen molar-refractivity contribution >= 4 is 0 Å². The summed E-state index contributed by atoms with van der Waals surface area (Å²) >= 11 is 0. The fourth-order valence-corrected chi connectivity index (χ4v) is 2.91. The molecular formula is C21H24N2O. The van der Waals surface area contributed by atoms with Crippen LogP contribution in [0.5, 0.6) is 5.75 Å². The minimum Gasteiger partial charge on any atom is -0.504 e. The average Bonchev–Trinajstić information content (AvgIpc) is 2.91. The highest BCUT2D eigenvalue weighted by Crippen LogP contribution is 2.35. The predicted molar refractivity (Wildman–Crippen MR) is 98.8 cm³/mol. The Morgan fingerprint density at radius 3 is 2.38 bits per heavy atom. The maximum atomic E-state index is 10.8. The van der Waals surface area contributed by atoms with E-state index in [1.54, 1.807) is 0 Å². The second-order valence-corrected chi connectivity index (χ2v) is 6.31. The van der Waals surface area contributed by atoms with Crippen LogP contribution in [0.4, 0.5) is 0 Å². The molecule has 0 bridgehead atoms. The summed E-state index contributed by atoms with van der Waals surface area (Å²) in [4.78, 5) is 0. The van der Waals surface area contributed by atoms with E-state index in [0.717, 1.165) is 47.5 Å². The molecule has 0 saturated heterocycles. The van der Waals surface area contributed by atoms with Crippen LogP contribution in [0.2, 0.25) is 0 Å². The molecule has 2 aromatic carbocycles. The number of hydrogen-bond acceptors (Lipinski definition) is 2.